The van der Waals surface area contributed by atoms with Crippen LogP contribution in [0.2, 0.25) is 13.1 Å². The van der Waals surface area contributed by atoms with E-state index in [1.54, 1.807) is 13.1 Å². The minimum Gasteiger partial charge on any atom is -0.856 e. The van der Waals surface area contributed by atoms with Crippen LogP contribution in [0.1, 0.15) is 0 Å². The zero-order valence-corrected chi connectivity index (χ0v) is 5.19. The fourth-order valence-corrected chi connectivity index (χ4v) is 0. The van der Waals surface area contributed by atoms with Crippen LogP contribution in [0.4, 0.5) is 0 Å². The summed E-state index contributed by atoms with van der Waals surface area (Å²) in [5.74, 6) is 0. The average Bonchev–Trinajstić information content (AvgIpc) is 1.35. The van der Waals surface area contributed by atoms with Crippen molar-refractivity contribution in [3.05, 3.63) is 12.3 Å². The number of hydrogen-bond acceptors (Lipinski definition) is 1. The van der Waals surface area contributed by atoms with E-state index in [1.165, 1.54) is 5.70 Å². The van der Waals surface area contributed by atoms with E-state index in [4.69, 9.17) is 0 Å². The van der Waals surface area contributed by atoms with Crippen LogP contribution in [0.25, 0.3) is 0 Å². The van der Waals surface area contributed by atoms with Crippen LogP contribution < -0.4 is 4.80 Å². The molecule has 36 valence electrons. The molecule has 0 atom stereocenters. The topological polar surface area (TPSA) is 23.1 Å². The molecule has 0 aromatic heterocycles. The molecule has 0 bridgehead atoms. The van der Waals surface area contributed by atoms with E-state index in [1.807, 2.05) is 0 Å². The van der Waals surface area contributed by atoms with Crippen molar-refractivity contribution >= 4 is 8.32 Å². The smallest absolute Gasteiger partial charge is 0.0284 e. The van der Waals surface area contributed by atoms with Gasteiger partial charge in [-0.25, -0.2) is 0 Å². The molecule has 0 fully saturated rings. The molecule has 0 amide bonds. The molecule has 0 aliphatic carbocycles. The summed E-state index contributed by atoms with van der Waals surface area (Å²) in [4.78, 5) is 10.5. The zero-order chi connectivity index (χ0) is 5.21. The second-order valence-corrected chi connectivity index (χ2v) is 5.42. The van der Waals surface area contributed by atoms with E-state index in [0.29, 0.717) is 0 Å². The lowest BCUT2D eigenvalue weighted by molar-refractivity contribution is -0.200. The summed E-state index contributed by atoms with van der Waals surface area (Å²) in [7, 11) is -2.12. The molecule has 2 heteroatoms. The highest BCUT2D eigenvalue weighted by Crippen LogP contribution is 1.87. The predicted octanol–water partition coefficient (Wildman–Crippen LogP) is 0.277. The van der Waals surface area contributed by atoms with E-state index in [9.17, 15) is 4.80 Å². The third-order valence-corrected chi connectivity index (χ3v) is 1.47. The maximum absolute atomic E-state index is 10.5. The van der Waals surface area contributed by atoms with Gasteiger partial charge in [-0.1, -0.05) is 13.1 Å². The fraction of sp³-hybridized carbons (Fsp3) is 0.500. The predicted molar refractivity (Wildman–Crippen MR) is 27.7 cm³/mol. The van der Waals surface area contributed by atoms with Crippen molar-refractivity contribution in [2.75, 3.05) is 0 Å². The van der Waals surface area contributed by atoms with Crippen LogP contribution >= 0.6 is 0 Å². The minimum atomic E-state index is -2.12. The lowest BCUT2D eigenvalue weighted by Crippen LogP contribution is -2.40. The molecule has 0 rings (SSSR count). The molecule has 0 aromatic carbocycles. The van der Waals surface area contributed by atoms with Gasteiger partial charge in [-0.15, -0.1) is 12.3 Å². The largest absolute Gasteiger partial charge is 0.856 e. The molecule has 0 saturated carbocycles. The first-order valence-electron chi connectivity index (χ1n) is 1.90. The summed E-state index contributed by atoms with van der Waals surface area (Å²) in [5.41, 5.74) is 1.52. The Hall–Kier alpha value is -0.0831. The summed E-state index contributed by atoms with van der Waals surface area (Å²) >= 11 is 0. The summed E-state index contributed by atoms with van der Waals surface area (Å²) in [6, 6.07) is 0. The Labute approximate surface area is 39.4 Å². The standard InChI is InChI=1S/C4H9OSi/c1-4-6(2,3)5/h4H,1H2,2-3H3/q-1. The van der Waals surface area contributed by atoms with Crippen molar-refractivity contribution in [1.82, 2.24) is 0 Å². The second-order valence-electron chi connectivity index (χ2n) is 1.81. The van der Waals surface area contributed by atoms with E-state index in [2.05, 4.69) is 6.58 Å². The Balaban J connectivity index is 3.45. The van der Waals surface area contributed by atoms with Gasteiger partial charge in [-0.05, 0) is 8.32 Å². The van der Waals surface area contributed by atoms with E-state index < -0.39 is 8.32 Å². The molecule has 0 spiro atoms. The van der Waals surface area contributed by atoms with Gasteiger partial charge in [0.1, 0.15) is 0 Å². The Bertz CT molecular complexity index is 53.1. The van der Waals surface area contributed by atoms with Gasteiger partial charge in [0, 0.05) is 0 Å². The lowest BCUT2D eigenvalue weighted by atomic mass is 11.3. The molecule has 0 saturated heterocycles. The van der Waals surface area contributed by atoms with Crippen LogP contribution in [-0.2, 0) is 0 Å². The van der Waals surface area contributed by atoms with Crippen LogP contribution in [0, 0.1) is 0 Å². The maximum Gasteiger partial charge on any atom is -0.0284 e. The first-order valence-corrected chi connectivity index (χ1v) is 4.89. The molecule has 0 N–H and O–H groups in total. The lowest BCUT2D eigenvalue weighted by Gasteiger charge is -2.22. The Kier molecular flexibility index (Phi) is 1.55. The monoisotopic (exact) mass is 101 g/mol. The van der Waals surface area contributed by atoms with Crippen molar-refractivity contribution in [3.8, 4) is 0 Å². The van der Waals surface area contributed by atoms with Gasteiger partial charge in [-0.2, -0.15) is 0 Å². The number of hydrogen-bond donors (Lipinski definition) is 0. The third-order valence-electron chi connectivity index (χ3n) is 0.492. The molecule has 6 heavy (non-hydrogen) atoms. The normalized spacial score (nSPS) is 11.2. The molecule has 0 aliphatic rings. The van der Waals surface area contributed by atoms with E-state index in [-0.39, 0.29) is 0 Å². The molecule has 0 aliphatic heterocycles. The van der Waals surface area contributed by atoms with E-state index in [0.717, 1.165) is 0 Å². The molecular weight excluding hydrogens is 92.1 g/mol. The molecule has 0 unspecified atom stereocenters. The molecule has 1 nitrogen and oxygen atoms in total. The first-order chi connectivity index (χ1) is 2.56. The first kappa shape index (κ1) is 5.92. The van der Waals surface area contributed by atoms with Gasteiger partial charge in [0.05, 0.1) is 0 Å². The Morgan fingerprint density at radius 2 is 1.83 bits per heavy atom. The quantitative estimate of drug-likeness (QED) is 0.435. The van der Waals surface area contributed by atoms with Crippen molar-refractivity contribution in [1.29, 1.82) is 0 Å². The number of rotatable bonds is 1. The highest BCUT2D eigenvalue weighted by atomic mass is 28.4. The highest BCUT2D eigenvalue weighted by molar-refractivity contribution is 6.73. The summed E-state index contributed by atoms with van der Waals surface area (Å²) in [5, 5.41) is 0. The van der Waals surface area contributed by atoms with E-state index >= 15 is 0 Å². The fourth-order valence-electron chi connectivity index (χ4n) is 0. The molecule has 0 radical (unpaired) electrons. The van der Waals surface area contributed by atoms with Gasteiger partial charge in [0.2, 0.25) is 0 Å². The third kappa shape index (κ3) is 3.92. The van der Waals surface area contributed by atoms with Crippen molar-refractivity contribution < 1.29 is 4.80 Å². The van der Waals surface area contributed by atoms with Crippen LogP contribution in [0.15, 0.2) is 12.3 Å². The van der Waals surface area contributed by atoms with Crippen LogP contribution in [0.3, 0.4) is 0 Å². The van der Waals surface area contributed by atoms with Crippen molar-refractivity contribution in [3.63, 3.8) is 0 Å². The maximum atomic E-state index is 10.5. The SMILES string of the molecule is C=C[Si](C)(C)[O-]. The molecular formula is C4H9OSi-. The van der Waals surface area contributed by atoms with Gasteiger partial charge in [-0.3, -0.25) is 0 Å². The minimum absolute atomic E-state index is 1.52. The molecule has 0 heterocycles. The zero-order valence-electron chi connectivity index (χ0n) is 4.19. The van der Waals surface area contributed by atoms with Gasteiger partial charge in [0.25, 0.3) is 0 Å². The average molecular weight is 101 g/mol. The van der Waals surface area contributed by atoms with Crippen molar-refractivity contribution in [2.45, 2.75) is 13.1 Å². The Morgan fingerprint density at radius 3 is 1.83 bits per heavy atom. The van der Waals surface area contributed by atoms with Gasteiger partial charge < -0.3 is 4.80 Å². The summed E-state index contributed by atoms with van der Waals surface area (Å²) in [6.07, 6.45) is 0. The summed E-state index contributed by atoms with van der Waals surface area (Å²) < 4.78 is 0. The van der Waals surface area contributed by atoms with Crippen LogP contribution in [-0.4, -0.2) is 8.32 Å². The van der Waals surface area contributed by atoms with Gasteiger partial charge >= 0.3 is 0 Å². The Morgan fingerprint density at radius 1 is 1.67 bits per heavy atom. The van der Waals surface area contributed by atoms with Gasteiger partial charge in [0.15, 0.2) is 0 Å². The second kappa shape index (κ2) is 1.58. The van der Waals surface area contributed by atoms with Crippen molar-refractivity contribution in [2.24, 2.45) is 0 Å². The molecule has 0 aromatic rings. The van der Waals surface area contributed by atoms with Crippen LogP contribution in [0.5, 0.6) is 0 Å². The highest BCUT2D eigenvalue weighted by Gasteiger charge is 1.91. The summed E-state index contributed by atoms with van der Waals surface area (Å²) in [6.45, 7) is 6.80.